The summed E-state index contributed by atoms with van der Waals surface area (Å²) in [6.45, 7) is 0. The summed E-state index contributed by atoms with van der Waals surface area (Å²) in [6, 6.07) is 8.09. The van der Waals surface area contributed by atoms with Crippen LogP contribution in [0.5, 0.6) is 5.75 Å². The molecule has 1 aliphatic rings. The predicted octanol–water partition coefficient (Wildman–Crippen LogP) is 2.59. The molecule has 0 radical (unpaired) electrons. The van der Waals surface area contributed by atoms with Crippen molar-refractivity contribution in [1.82, 2.24) is 30.3 Å². The SMILES string of the molecule is COc1cccc(-c2[nH]ncc2C(=O)NC2CCC(n3cncn3)CC2)c1. The Hall–Kier alpha value is -3.16. The van der Waals surface area contributed by atoms with E-state index in [-0.39, 0.29) is 11.9 Å². The molecular formula is C19H22N6O2. The molecule has 2 N–H and O–H groups in total. The largest absolute Gasteiger partial charge is 0.497 e. The molecule has 2 heterocycles. The number of aromatic amines is 1. The zero-order chi connectivity index (χ0) is 18.6. The number of ether oxygens (including phenoxy) is 1. The lowest BCUT2D eigenvalue weighted by Gasteiger charge is -2.28. The molecule has 0 atom stereocenters. The van der Waals surface area contributed by atoms with Crippen LogP contribution in [0.3, 0.4) is 0 Å². The molecule has 0 unspecified atom stereocenters. The van der Waals surface area contributed by atoms with E-state index in [1.807, 2.05) is 28.9 Å². The Labute approximate surface area is 157 Å². The third-order valence-electron chi connectivity index (χ3n) is 5.09. The van der Waals surface area contributed by atoms with Gasteiger partial charge in [-0.25, -0.2) is 9.67 Å². The second kappa shape index (κ2) is 7.61. The highest BCUT2D eigenvalue weighted by molar-refractivity contribution is 5.99. The molecule has 8 nitrogen and oxygen atoms in total. The minimum absolute atomic E-state index is 0.106. The van der Waals surface area contributed by atoms with Gasteiger partial charge in [0.1, 0.15) is 18.4 Å². The van der Waals surface area contributed by atoms with Gasteiger partial charge in [-0.3, -0.25) is 9.89 Å². The molecular weight excluding hydrogens is 344 g/mol. The molecule has 1 saturated carbocycles. The average Bonchev–Trinajstić information content (AvgIpc) is 3.40. The molecule has 27 heavy (non-hydrogen) atoms. The van der Waals surface area contributed by atoms with Crippen molar-refractivity contribution in [3.8, 4) is 17.0 Å². The normalized spacial score (nSPS) is 19.6. The monoisotopic (exact) mass is 366 g/mol. The number of carbonyl (C=O) groups is 1. The molecule has 140 valence electrons. The summed E-state index contributed by atoms with van der Waals surface area (Å²) >= 11 is 0. The molecule has 0 bridgehead atoms. The van der Waals surface area contributed by atoms with Gasteiger partial charge >= 0.3 is 0 Å². The first-order chi connectivity index (χ1) is 13.2. The zero-order valence-corrected chi connectivity index (χ0v) is 15.1. The van der Waals surface area contributed by atoms with Crippen molar-refractivity contribution in [2.75, 3.05) is 7.11 Å². The summed E-state index contributed by atoms with van der Waals surface area (Å²) < 4.78 is 7.18. The van der Waals surface area contributed by atoms with E-state index in [0.717, 1.165) is 37.0 Å². The van der Waals surface area contributed by atoms with Crippen molar-refractivity contribution < 1.29 is 9.53 Å². The Morgan fingerprint density at radius 3 is 2.89 bits per heavy atom. The maximum Gasteiger partial charge on any atom is 0.255 e. The quantitative estimate of drug-likeness (QED) is 0.723. The molecule has 1 amide bonds. The molecule has 3 aromatic rings. The number of hydrogen-bond acceptors (Lipinski definition) is 5. The fourth-order valence-electron chi connectivity index (χ4n) is 3.61. The van der Waals surface area contributed by atoms with Crippen molar-refractivity contribution in [3.63, 3.8) is 0 Å². The van der Waals surface area contributed by atoms with E-state index in [4.69, 9.17) is 4.74 Å². The zero-order valence-electron chi connectivity index (χ0n) is 15.1. The van der Waals surface area contributed by atoms with Crippen LogP contribution in [0.15, 0.2) is 43.1 Å². The minimum atomic E-state index is -0.106. The van der Waals surface area contributed by atoms with Crippen LogP contribution in [0.25, 0.3) is 11.3 Å². The fourth-order valence-corrected chi connectivity index (χ4v) is 3.61. The molecule has 1 aromatic carbocycles. The van der Waals surface area contributed by atoms with Crippen molar-refractivity contribution in [3.05, 3.63) is 48.7 Å². The van der Waals surface area contributed by atoms with Gasteiger partial charge in [0.25, 0.3) is 5.91 Å². The van der Waals surface area contributed by atoms with Crippen LogP contribution in [0.4, 0.5) is 0 Å². The summed E-state index contributed by atoms with van der Waals surface area (Å²) in [4.78, 5) is 16.8. The molecule has 2 aromatic heterocycles. The number of nitrogens with one attached hydrogen (secondary N) is 2. The molecule has 1 fully saturated rings. The second-order valence-electron chi connectivity index (χ2n) is 6.75. The minimum Gasteiger partial charge on any atom is -0.497 e. The van der Waals surface area contributed by atoms with Crippen LogP contribution in [0.1, 0.15) is 42.1 Å². The lowest BCUT2D eigenvalue weighted by atomic mass is 9.91. The van der Waals surface area contributed by atoms with E-state index in [9.17, 15) is 4.79 Å². The van der Waals surface area contributed by atoms with Gasteiger partial charge in [-0.1, -0.05) is 12.1 Å². The smallest absolute Gasteiger partial charge is 0.255 e. The Kier molecular flexibility index (Phi) is 4.86. The van der Waals surface area contributed by atoms with Gasteiger partial charge in [0.15, 0.2) is 0 Å². The van der Waals surface area contributed by atoms with E-state index in [1.165, 1.54) is 0 Å². The first-order valence-electron chi connectivity index (χ1n) is 9.07. The van der Waals surface area contributed by atoms with Gasteiger partial charge in [0.05, 0.1) is 30.6 Å². The lowest BCUT2D eigenvalue weighted by molar-refractivity contribution is 0.0922. The van der Waals surface area contributed by atoms with E-state index in [0.29, 0.717) is 17.3 Å². The van der Waals surface area contributed by atoms with Gasteiger partial charge in [-0.15, -0.1) is 0 Å². The number of aromatic nitrogens is 5. The summed E-state index contributed by atoms with van der Waals surface area (Å²) in [5.41, 5.74) is 2.11. The van der Waals surface area contributed by atoms with Crippen LogP contribution in [0.2, 0.25) is 0 Å². The molecule has 0 saturated heterocycles. The maximum absolute atomic E-state index is 12.8. The number of amides is 1. The van der Waals surface area contributed by atoms with Gasteiger partial charge < -0.3 is 10.1 Å². The molecule has 1 aliphatic carbocycles. The van der Waals surface area contributed by atoms with Gasteiger partial charge in [-0.2, -0.15) is 10.2 Å². The van der Waals surface area contributed by atoms with Crippen LogP contribution < -0.4 is 10.1 Å². The lowest BCUT2D eigenvalue weighted by Crippen LogP contribution is -2.38. The van der Waals surface area contributed by atoms with Crippen molar-refractivity contribution in [2.45, 2.75) is 37.8 Å². The van der Waals surface area contributed by atoms with E-state index in [1.54, 1.807) is 26.0 Å². The van der Waals surface area contributed by atoms with E-state index in [2.05, 4.69) is 25.6 Å². The van der Waals surface area contributed by atoms with Crippen molar-refractivity contribution in [1.29, 1.82) is 0 Å². The fraction of sp³-hybridized carbons (Fsp3) is 0.368. The van der Waals surface area contributed by atoms with E-state index < -0.39 is 0 Å². The number of nitrogens with zero attached hydrogens (tertiary/aromatic N) is 4. The number of rotatable bonds is 5. The average molecular weight is 366 g/mol. The molecule has 8 heteroatoms. The highest BCUT2D eigenvalue weighted by atomic mass is 16.5. The molecule has 4 rings (SSSR count). The Balaban J connectivity index is 1.42. The molecule has 0 aliphatic heterocycles. The van der Waals surface area contributed by atoms with Crippen LogP contribution in [-0.2, 0) is 0 Å². The maximum atomic E-state index is 12.8. The van der Waals surface area contributed by atoms with Gasteiger partial charge in [0.2, 0.25) is 0 Å². The number of hydrogen-bond donors (Lipinski definition) is 2. The van der Waals surface area contributed by atoms with E-state index >= 15 is 0 Å². The Bertz CT molecular complexity index is 897. The highest BCUT2D eigenvalue weighted by Crippen LogP contribution is 2.29. The summed E-state index contributed by atoms with van der Waals surface area (Å²) in [5.74, 6) is 0.630. The van der Waals surface area contributed by atoms with Gasteiger partial charge in [0, 0.05) is 11.6 Å². The van der Waals surface area contributed by atoms with Crippen molar-refractivity contribution in [2.24, 2.45) is 0 Å². The summed E-state index contributed by atoms with van der Waals surface area (Å²) in [7, 11) is 1.62. The third kappa shape index (κ3) is 3.69. The summed E-state index contributed by atoms with van der Waals surface area (Å²) in [6.07, 6.45) is 8.68. The first-order valence-corrected chi connectivity index (χ1v) is 9.07. The number of carbonyl (C=O) groups excluding carboxylic acids is 1. The van der Waals surface area contributed by atoms with Crippen molar-refractivity contribution >= 4 is 5.91 Å². The van der Waals surface area contributed by atoms with Crippen LogP contribution in [0, 0.1) is 0 Å². The number of methoxy groups -OCH3 is 1. The standard InChI is InChI=1S/C19H22N6O2/c1-27-16-4-2-3-13(9-16)18-17(10-21-24-18)19(26)23-14-5-7-15(8-6-14)25-12-20-11-22-25/h2-4,9-12,14-15H,5-8H2,1H3,(H,21,24)(H,23,26). The Morgan fingerprint density at radius 1 is 1.30 bits per heavy atom. The number of H-pyrrole nitrogens is 1. The summed E-state index contributed by atoms with van der Waals surface area (Å²) in [5, 5.41) is 14.4. The van der Waals surface area contributed by atoms with Gasteiger partial charge in [-0.05, 0) is 37.8 Å². The second-order valence-corrected chi connectivity index (χ2v) is 6.75. The topological polar surface area (TPSA) is 97.7 Å². The predicted molar refractivity (Wildman–Crippen MR) is 99.4 cm³/mol. The van der Waals surface area contributed by atoms with Crippen LogP contribution >= 0.6 is 0 Å². The molecule has 0 spiro atoms. The van der Waals surface area contributed by atoms with Crippen LogP contribution in [-0.4, -0.2) is 44.0 Å². The number of benzene rings is 1. The highest BCUT2D eigenvalue weighted by Gasteiger charge is 2.25. The first kappa shape index (κ1) is 17.3. The Morgan fingerprint density at radius 2 is 2.15 bits per heavy atom. The third-order valence-corrected chi connectivity index (χ3v) is 5.09.